The van der Waals surface area contributed by atoms with E-state index in [0.717, 1.165) is 42.3 Å². The van der Waals surface area contributed by atoms with Crippen molar-refractivity contribution in [1.82, 2.24) is 0 Å². The minimum absolute atomic E-state index is 0.667. The first-order chi connectivity index (χ1) is 11.6. The second-order valence-corrected chi connectivity index (χ2v) is 7.03. The van der Waals surface area contributed by atoms with E-state index >= 15 is 0 Å². The summed E-state index contributed by atoms with van der Waals surface area (Å²) in [7, 11) is 0. The molecule has 0 spiro atoms. The third kappa shape index (κ3) is 2.82. The summed E-state index contributed by atoms with van der Waals surface area (Å²) in [5.41, 5.74) is 6.36. The van der Waals surface area contributed by atoms with Gasteiger partial charge in [-0.2, -0.15) is 0 Å². The number of benzene rings is 2. The number of rotatable bonds is 4. The lowest BCUT2D eigenvalue weighted by atomic mass is 9.91. The highest BCUT2D eigenvalue weighted by Crippen LogP contribution is 2.49. The Balaban J connectivity index is 1.89. The zero-order valence-corrected chi connectivity index (χ0v) is 14.5. The Kier molecular flexibility index (Phi) is 3.84. The molecule has 1 saturated carbocycles. The van der Waals surface area contributed by atoms with E-state index < -0.39 is 0 Å². The lowest BCUT2D eigenvalue weighted by molar-refractivity contribution is 0.288. The van der Waals surface area contributed by atoms with Crippen molar-refractivity contribution in [3.05, 3.63) is 59.4 Å². The maximum atomic E-state index is 6.07. The smallest absolute Gasteiger partial charge is 0.137 e. The van der Waals surface area contributed by atoms with E-state index in [2.05, 4.69) is 43.8 Å². The van der Waals surface area contributed by atoms with Gasteiger partial charge in [0.1, 0.15) is 11.5 Å². The summed E-state index contributed by atoms with van der Waals surface area (Å²) in [5.74, 6) is 3.39. The van der Waals surface area contributed by atoms with Crippen LogP contribution in [0.1, 0.15) is 48.8 Å². The number of fused-ring (bicyclic) bond motifs is 1. The zero-order valence-electron chi connectivity index (χ0n) is 14.5. The molecule has 1 aliphatic heterocycles. The van der Waals surface area contributed by atoms with Crippen LogP contribution in [0.15, 0.2) is 42.7 Å². The quantitative estimate of drug-likeness (QED) is 0.665. The summed E-state index contributed by atoms with van der Waals surface area (Å²) >= 11 is 0. The number of aryl methyl sites for hydroxylation is 2. The molecule has 1 heterocycles. The molecule has 124 valence electrons. The molecule has 2 nitrogen and oxygen atoms in total. The van der Waals surface area contributed by atoms with Crippen LogP contribution in [-0.4, -0.2) is 6.61 Å². The molecule has 2 aromatic rings. The van der Waals surface area contributed by atoms with Crippen LogP contribution in [0.25, 0.3) is 11.1 Å². The van der Waals surface area contributed by atoms with Crippen molar-refractivity contribution < 1.29 is 9.47 Å². The number of allylic oxidation sites excluding steroid dienone is 1. The molecular formula is C22H24O2. The predicted molar refractivity (Wildman–Crippen MR) is 97.8 cm³/mol. The van der Waals surface area contributed by atoms with Crippen LogP contribution in [-0.2, 0) is 6.42 Å². The van der Waals surface area contributed by atoms with Crippen LogP contribution < -0.4 is 9.47 Å². The Morgan fingerprint density at radius 3 is 2.79 bits per heavy atom. The topological polar surface area (TPSA) is 18.5 Å². The van der Waals surface area contributed by atoms with Gasteiger partial charge in [0, 0.05) is 5.56 Å². The van der Waals surface area contributed by atoms with E-state index in [1.807, 2.05) is 6.92 Å². The molecule has 2 aliphatic rings. The average Bonchev–Trinajstić information content (AvgIpc) is 3.40. The van der Waals surface area contributed by atoms with Gasteiger partial charge in [-0.05, 0) is 79.8 Å². The van der Waals surface area contributed by atoms with E-state index in [1.165, 1.54) is 35.1 Å². The largest absolute Gasteiger partial charge is 0.493 e. The van der Waals surface area contributed by atoms with Crippen molar-refractivity contribution >= 4 is 0 Å². The monoisotopic (exact) mass is 320 g/mol. The van der Waals surface area contributed by atoms with E-state index in [-0.39, 0.29) is 0 Å². The normalized spacial score (nSPS) is 16.2. The van der Waals surface area contributed by atoms with Gasteiger partial charge in [-0.1, -0.05) is 24.8 Å². The Labute approximate surface area is 144 Å². The highest BCUT2D eigenvalue weighted by molar-refractivity contribution is 5.78. The second-order valence-electron chi connectivity index (χ2n) is 7.03. The first-order valence-electron chi connectivity index (χ1n) is 8.86. The first kappa shape index (κ1) is 15.3. The molecule has 2 aromatic carbocycles. The fourth-order valence-electron chi connectivity index (χ4n) is 3.56. The molecule has 24 heavy (non-hydrogen) atoms. The highest BCUT2D eigenvalue weighted by atomic mass is 16.5. The zero-order chi connectivity index (χ0) is 16.7. The summed E-state index contributed by atoms with van der Waals surface area (Å²) in [4.78, 5) is 0. The van der Waals surface area contributed by atoms with Gasteiger partial charge in [0.2, 0.25) is 0 Å². The van der Waals surface area contributed by atoms with Crippen molar-refractivity contribution in [3.63, 3.8) is 0 Å². The Morgan fingerprint density at radius 1 is 1.21 bits per heavy atom. The van der Waals surface area contributed by atoms with Gasteiger partial charge < -0.3 is 9.47 Å². The third-order valence-corrected chi connectivity index (χ3v) is 4.88. The fourth-order valence-corrected chi connectivity index (χ4v) is 3.56. The molecule has 1 fully saturated rings. The fraction of sp³-hybridized carbons (Fsp3) is 0.364. The summed E-state index contributed by atoms with van der Waals surface area (Å²) in [6, 6.07) is 11.0. The molecule has 0 radical (unpaired) electrons. The third-order valence-electron chi connectivity index (χ3n) is 4.88. The van der Waals surface area contributed by atoms with E-state index in [1.54, 1.807) is 0 Å². The number of hydrogen-bond acceptors (Lipinski definition) is 2. The summed E-state index contributed by atoms with van der Waals surface area (Å²) in [6.45, 7) is 8.79. The lowest BCUT2D eigenvalue weighted by Gasteiger charge is -2.21. The minimum atomic E-state index is 0.667. The lowest BCUT2D eigenvalue weighted by Crippen LogP contribution is -2.08. The molecule has 0 amide bonds. The molecule has 4 rings (SSSR count). The van der Waals surface area contributed by atoms with Gasteiger partial charge in [0.15, 0.2) is 0 Å². The van der Waals surface area contributed by atoms with Crippen LogP contribution in [0.5, 0.6) is 11.5 Å². The molecular weight excluding hydrogens is 296 g/mol. The maximum Gasteiger partial charge on any atom is 0.137 e. The van der Waals surface area contributed by atoms with Gasteiger partial charge in [-0.15, -0.1) is 0 Å². The molecule has 2 heteroatoms. The van der Waals surface area contributed by atoms with Crippen molar-refractivity contribution in [2.24, 2.45) is 0 Å². The van der Waals surface area contributed by atoms with Crippen molar-refractivity contribution in [1.29, 1.82) is 0 Å². The molecule has 0 unspecified atom stereocenters. The standard InChI is InChI=1S/C22H24O2/c1-14(2)24-22-15(3)6-10-19(16-7-8-16)21(22)18-9-11-20-17(13-18)5-4-12-23-20/h6,9-11,13,16H,1,4-5,7-8,12H2,2-3H3. The summed E-state index contributed by atoms with van der Waals surface area (Å²) in [5, 5.41) is 0. The Hall–Kier alpha value is -2.22. The van der Waals surface area contributed by atoms with Crippen molar-refractivity contribution in [2.45, 2.75) is 45.4 Å². The maximum absolute atomic E-state index is 6.07. The summed E-state index contributed by atoms with van der Waals surface area (Å²) < 4.78 is 11.8. The summed E-state index contributed by atoms with van der Waals surface area (Å²) in [6.07, 6.45) is 4.73. The van der Waals surface area contributed by atoms with Crippen LogP contribution >= 0.6 is 0 Å². The second kappa shape index (κ2) is 6.01. The van der Waals surface area contributed by atoms with Gasteiger partial charge in [-0.3, -0.25) is 0 Å². The van der Waals surface area contributed by atoms with Crippen LogP contribution in [0.3, 0.4) is 0 Å². The molecule has 0 aromatic heterocycles. The number of hydrogen-bond donors (Lipinski definition) is 0. The predicted octanol–water partition coefficient (Wildman–Crippen LogP) is 5.78. The molecule has 0 saturated heterocycles. The van der Waals surface area contributed by atoms with Gasteiger partial charge in [0.05, 0.1) is 12.4 Å². The van der Waals surface area contributed by atoms with E-state index in [9.17, 15) is 0 Å². The van der Waals surface area contributed by atoms with Crippen LogP contribution in [0.2, 0.25) is 0 Å². The highest BCUT2D eigenvalue weighted by Gasteiger charge is 2.29. The van der Waals surface area contributed by atoms with Gasteiger partial charge in [-0.25, -0.2) is 0 Å². The molecule has 1 aliphatic carbocycles. The first-order valence-corrected chi connectivity index (χ1v) is 8.86. The van der Waals surface area contributed by atoms with E-state index in [4.69, 9.17) is 9.47 Å². The molecule has 0 bridgehead atoms. The molecule has 0 N–H and O–H groups in total. The average molecular weight is 320 g/mol. The SMILES string of the molecule is C=C(C)Oc1c(C)ccc(C2CC2)c1-c1ccc2c(c1)CCCO2. The molecule has 0 atom stereocenters. The van der Waals surface area contributed by atoms with E-state index in [0.29, 0.717) is 5.92 Å². The van der Waals surface area contributed by atoms with Crippen molar-refractivity contribution in [3.8, 4) is 22.6 Å². The Morgan fingerprint density at radius 2 is 2.04 bits per heavy atom. The minimum Gasteiger partial charge on any atom is -0.493 e. The van der Waals surface area contributed by atoms with Crippen molar-refractivity contribution in [2.75, 3.05) is 6.61 Å². The van der Waals surface area contributed by atoms with Gasteiger partial charge in [0.25, 0.3) is 0 Å². The van der Waals surface area contributed by atoms with Gasteiger partial charge >= 0.3 is 0 Å². The Bertz CT molecular complexity index is 800. The van der Waals surface area contributed by atoms with Crippen LogP contribution in [0, 0.1) is 6.92 Å². The number of ether oxygens (including phenoxy) is 2. The van der Waals surface area contributed by atoms with Crippen LogP contribution in [0.4, 0.5) is 0 Å².